The summed E-state index contributed by atoms with van der Waals surface area (Å²) in [5.74, 6) is -0.851. The second-order valence-electron chi connectivity index (χ2n) is 7.99. The van der Waals surface area contributed by atoms with Crippen LogP contribution in [0.1, 0.15) is 35.8 Å². The Morgan fingerprint density at radius 2 is 1.97 bits per heavy atom. The minimum atomic E-state index is -0.565. The minimum absolute atomic E-state index is 0.0238. The number of anilines is 1. The number of benzene rings is 1. The number of amides is 2. The lowest BCUT2D eigenvalue weighted by molar-refractivity contribution is -0.117. The van der Waals surface area contributed by atoms with Crippen molar-refractivity contribution in [2.24, 2.45) is 0 Å². The Kier molecular flexibility index (Phi) is 6.91. The Balaban J connectivity index is 1.41. The van der Waals surface area contributed by atoms with Crippen LogP contribution in [0, 0.1) is 5.82 Å². The number of nitrogens with one attached hydrogen (secondary N) is 1. The van der Waals surface area contributed by atoms with E-state index in [1.165, 1.54) is 30.2 Å². The fraction of sp³-hybridized carbons (Fsp3) is 0.240. The third kappa shape index (κ3) is 5.43. The third-order valence-corrected chi connectivity index (χ3v) is 5.47. The van der Waals surface area contributed by atoms with Crippen LogP contribution in [0.5, 0.6) is 0 Å². The smallest absolute Gasteiger partial charge is 0.414 e. The first-order valence-electron chi connectivity index (χ1n) is 10.8. The Morgan fingerprint density at radius 1 is 1.18 bits per heavy atom. The Labute approximate surface area is 195 Å². The summed E-state index contributed by atoms with van der Waals surface area (Å²) in [5.41, 5.74) is 2.29. The molecule has 8 nitrogen and oxygen atoms in total. The number of halogens is 1. The van der Waals surface area contributed by atoms with Crippen LogP contribution in [-0.4, -0.2) is 40.4 Å². The van der Waals surface area contributed by atoms with Gasteiger partial charge in [0.15, 0.2) is 0 Å². The topological polar surface area (TPSA) is 101 Å². The second-order valence-corrected chi connectivity index (χ2v) is 7.99. The molecule has 0 saturated carbocycles. The van der Waals surface area contributed by atoms with E-state index in [0.717, 1.165) is 5.56 Å². The molecule has 4 rings (SSSR count). The maximum atomic E-state index is 14.9. The van der Waals surface area contributed by atoms with Gasteiger partial charge in [0.2, 0.25) is 0 Å². The predicted molar refractivity (Wildman–Crippen MR) is 123 cm³/mol. The van der Waals surface area contributed by atoms with Gasteiger partial charge in [0.05, 0.1) is 12.2 Å². The molecule has 1 aliphatic heterocycles. The van der Waals surface area contributed by atoms with Gasteiger partial charge in [-0.3, -0.25) is 19.7 Å². The highest BCUT2D eigenvalue weighted by Gasteiger charge is 2.32. The molecule has 3 aromatic rings. The first-order valence-corrected chi connectivity index (χ1v) is 10.8. The summed E-state index contributed by atoms with van der Waals surface area (Å²) in [5, 5.41) is 2.78. The van der Waals surface area contributed by atoms with Crippen LogP contribution in [0.25, 0.3) is 11.1 Å². The number of nitrogens with zero attached hydrogens (tertiary/aromatic N) is 3. The number of cyclic esters (lactones) is 1. The summed E-state index contributed by atoms with van der Waals surface area (Å²) in [4.78, 5) is 45.1. The summed E-state index contributed by atoms with van der Waals surface area (Å²) in [6, 6.07) is 11.2. The van der Waals surface area contributed by atoms with E-state index in [1.54, 1.807) is 42.7 Å². The van der Waals surface area contributed by atoms with Crippen LogP contribution >= 0.6 is 0 Å². The summed E-state index contributed by atoms with van der Waals surface area (Å²) < 4.78 is 20.2. The van der Waals surface area contributed by atoms with Gasteiger partial charge in [-0.15, -0.1) is 0 Å². The molecule has 1 saturated heterocycles. The zero-order chi connectivity index (χ0) is 24.1. The Morgan fingerprint density at radius 3 is 2.65 bits per heavy atom. The van der Waals surface area contributed by atoms with Crippen LogP contribution in [0.15, 0.2) is 61.1 Å². The first-order chi connectivity index (χ1) is 16.4. The molecule has 2 amide bonds. The van der Waals surface area contributed by atoms with Crippen LogP contribution < -0.4 is 10.2 Å². The molecule has 2 aromatic heterocycles. The lowest BCUT2D eigenvalue weighted by atomic mass is 10.1. The van der Waals surface area contributed by atoms with E-state index < -0.39 is 18.0 Å². The number of carbonyl (C=O) groups is 3. The lowest BCUT2D eigenvalue weighted by Gasteiger charge is -2.14. The molecule has 0 aliphatic carbocycles. The normalized spacial score (nSPS) is 15.2. The molecule has 1 N–H and O–H groups in total. The summed E-state index contributed by atoms with van der Waals surface area (Å²) in [7, 11) is 0. The Hall–Kier alpha value is -4.14. The standard InChI is InChI=1S/C25H23FN4O4/c1-16(31)2-5-20-15-30(25(33)34-20)19-4-6-21(22(26)12-19)18-3-7-23(28-14-18)24(32)29-13-17-8-10-27-11-9-17/h3-4,6-12,14,20H,2,5,13,15H2,1H3,(H,29,32)/t20-/m0/s1. The first kappa shape index (κ1) is 23.0. The van der Waals surface area contributed by atoms with E-state index in [4.69, 9.17) is 4.74 Å². The Bertz CT molecular complexity index is 1200. The zero-order valence-electron chi connectivity index (χ0n) is 18.5. The predicted octanol–water partition coefficient (Wildman–Crippen LogP) is 3.91. The maximum Gasteiger partial charge on any atom is 0.414 e. The van der Waals surface area contributed by atoms with E-state index in [2.05, 4.69) is 15.3 Å². The lowest BCUT2D eigenvalue weighted by Crippen LogP contribution is -2.24. The molecule has 1 aliphatic rings. The van der Waals surface area contributed by atoms with Gasteiger partial charge in [-0.05, 0) is 55.3 Å². The van der Waals surface area contributed by atoms with Gasteiger partial charge in [0.1, 0.15) is 23.4 Å². The highest BCUT2D eigenvalue weighted by molar-refractivity contribution is 5.93. The fourth-order valence-corrected chi connectivity index (χ4v) is 3.61. The number of pyridine rings is 2. The SMILES string of the molecule is CC(=O)CC[C@H]1CN(c2ccc(-c3ccc(C(=O)NCc4ccncc4)nc3)c(F)c2)C(=O)O1. The molecule has 0 spiro atoms. The van der Waals surface area contributed by atoms with Crippen LogP contribution in [0.3, 0.4) is 0 Å². The van der Waals surface area contributed by atoms with Crippen LogP contribution in [0.4, 0.5) is 14.9 Å². The summed E-state index contributed by atoms with van der Waals surface area (Å²) in [6.45, 7) is 2.09. The number of ether oxygens (including phenoxy) is 1. The van der Waals surface area contributed by atoms with Gasteiger partial charge in [-0.2, -0.15) is 0 Å². The number of carbonyl (C=O) groups excluding carboxylic acids is 3. The molecular weight excluding hydrogens is 439 g/mol. The molecule has 9 heteroatoms. The summed E-state index contributed by atoms with van der Waals surface area (Å²) in [6.07, 6.45) is 4.52. The number of hydrogen-bond acceptors (Lipinski definition) is 6. The average Bonchev–Trinajstić information content (AvgIpc) is 3.22. The quantitative estimate of drug-likeness (QED) is 0.545. The molecule has 1 atom stereocenters. The van der Waals surface area contributed by atoms with Gasteiger partial charge in [-0.25, -0.2) is 9.18 Å². The van der Waals surface area contributed by atoms with Crippen molar-refractivity contribution < 1.29 is 23.5 Å². The fourth-order valence-electron chi connectivity index (χ4n) is 3.61. The molecule has 0 radical (unpaired) electrons. The highest BCUT2D eigenvalue weighted by atomic mass is 19.1. The minimum Gasteiger partial charge on any atom is -0.444 e. The van der Waals surface area contributed by atoms with Gasteiger partial charge in [0.25, 0.3) is 5.91 Å². The molecule has 1 aromatic carbocycles. The van der Waals surface area contributed by atoms with E-state index in [-0.39, 0.29) is 23.9 Å². The van der Waals surface area contributed by atoms with Crippen molar-refractivity contribution in [3.8, 4) is 11.1 Å². The van der Waals surface area contributed by atoms with Crippen molar-refractivity contribution in [3.63, 3.8) is 0 Å². The van der Waals surface area contributed by atoms with Crippen molar-refractivity contribution in [1.29, 1.82) is 0 Å². The van der Waals surface area contributed by atoms with Gasteiger partial charge in [0, 0.05) is 42.7 Å². The van der Waals surface area contributed by atoms with Crippen molar-refractivity contribution in [2.75, 3.05) is 11.4 Å². The molecule has 0 unspecified atom stereocenters. The van der Waals surface area contributed by atoms with Gasteiger partial charge >= 0.3 is 6.09 Å². The number of Topliss-reactive ketones (excluding diaryl/α,β-unsaturated/α-hetero) is 1. The molecule has 1 fully saturated rings. The second kappa shape index (κ2) is 10.2. The number of hydrogen-bond donors (Lipinski definition) is 1. The third-order valence-electron chi connectivity index (χ3n) is 5.47. The monoisotopic (exact) mass is 462 g/mol. The number of rotatable bonds is 8. The van der Waals surface area contributed by atoms with Crippen molar-refractivity contribution in [2.45, 2.75) is 32.4 Å². The number of aromatic nitrogens is 2. The largest absolute Gasteiger partial charge is 0.444 e. The molecule has 174 valence electrons. The average molecular weight is 462 g/mol. The number of ketones is 1. The van der Waals surface area contributed by atoms with Crippen molar-refractivity contribution in [3.05, 3.63) is 78.1 Å². The molecule has 34 heavy (non-hydrogen) atoms. The van der Waals surface area contributed by atoms with Crippen LogP contribution in [-0.2, 0) is 16.1 Å². The van der Waals surface area contributed by atoms with Crippen LogP contribution in [0.2, 0.25) is 0 Å². The van der Waals surface area contributed by atoms with E-state index in [9.17, 15) is 18.8 Å². The van der Waals surface area contributed by atoms with Crippen molar-refractivity contribution >= 4 is 23.5 Å². The molecule has 0 bridgehead atoms. The van der Waals surface area contributed by atoms with E-state index in [1.807, 2.05) is 0 Å². The summed E-state index contributed by atoms with van der Waals surface area (Å²) >= 11 is 0. The maximum absolute atomic E-state index is 14.9. The van der Waals surface area contributed by atoms with Gasteiger partial charge < -0.3 is 14.8 Å². The van der Waals surface area contributed by atoms with E-state index >= 15 is 0 Å². The van der Waals surface area contributed by atoms with Gasteiger partial charge in [-0.1, -0.05) is 6.07 Å². The highest BCUT2D eigenvalue weighted by Crippen LogP contribution is 2.29. The molecule has 3 heterocycles. The zero-order valence-corrected chi connectivity index (χ0v) is 18.5. The van der Waals surface area contributed by atoms with Crippen molar-refractivity contribution in [1.82, 2.24) is 15.3 Å². The van der Waals surface area contributed by atoms with E-state index in [0.29, 0.717) is 36.2 Å². The molecular formula is C25H23FN4O4.